The quantitative estimate of drug-likeness (QED) is 0.521. The predicted octanol–water partition coefficient (Wildman–Crippen LogP) is 3.98. The number of aromatic nitrogens is 2. The van der Waals surface area contributed by atoms with E-state index >= 15 is 0 Å². The Hall–Kier alpha value is -3.14. The average Bonchev–Trinajstić information content (AvgIpc) is 3.25. The first-order valence-corrected chi connectivity index (χ1v) is 11.7. The van der Waals surface area contributed by atoms with Crippen LogP contribution < -0.4 is 0 Å². The van der Waals surface area contributed by atoms with E-state index in [1.165, 1.54) is 17.0 Å². The summed E-state index contributed by atoms with van der Waals surface area (Å²) in [4.78, 5) is 14.1. The Morgan fingerprint density at radius 2 is 1.73 bits per heavy atom. The second kappa shape index (κ2) is 8.33. The number of benzene rings is 2. The molecule has 33 heavy (non-hydrogen) atoms. The molecule has 0 saturated carbocycles. The molecule has 4 rings (SSSR count). The van der Waals surface area contributed by atoms with Crippen molar-refractivity contribution >= 4 is 15.9 Å². The molecule has 1 amide bonds. The summed E-state index contributed by atoms with van der Waals surface area (Å²) >= 11 is 0. The number of carbonyl (C=O) groups is 1. The maximum atomic E-state index is 14.2. The maximum absolute atomic E-state index is 14.2. The lowest BCUT2D eigenvalue weighted by Crippen LogP contribution is -2.25. The fraction of sp³-hybridized carbons (Fsp3) is 0.304. The van der Waals surface area contributed by atoms with Gasteiger partial charge in [0.25, 0.3) is 10.0 Å². The lowest BCUT2D eigenvalue weighted by Gasteiger charge is -2.17. The van der Waals surface area contributed by atoms with Gasteiger partial charge in [0.05, 0.1) is 16.3 Å². The van der Waals surface area contributed by atoms with Crippen LogP contribution in [-0.4, -0.2) is 35.0 Å². The fourth-order valence-corrected chi connectivity index (χ4v) is 5.50. The van der Waals surface area contributed by atoms with Crippen LogP contribution in [0.25, 0.3) is 0 Å². The molecule has 6 nitrogen and oxygen atoms in total. The van der Waals surface area contributed by atoms with Crippen LogP contribution in [0.15, 0.2) is 41.3 Å². The molecule has 2 heterocycles. The van der Waals surface area contributed by atoms with Gasteiger partial charge in [0.15, 0.2) is 11.6 Å². The molecule has 3 aromatic rings. The van der Waals surface area contributed by atoms with Gasteiger partial charge < -0.3 is 4.90 Å². The van der Waals surface area contributed by atoms with Gasteiger partial charge in [-0.15, -0.1) is 0 Å². The average molecular weight is 478 g/mol. The summed E-state index contributed by atoms with van der Waals surface area (Å²) in [7, 11) is -3.93. The standard InChI is InChI=1S/C23H22F3N3O3S/c1-13-4-6-18(7-5-13)33(31,32)29-15(3)20(14(2)27-29)12-28-11-16(8-22(28)30)19-9-17(24)10-21(25)23(19)26/h4-7,9-10,16H,8,11-12H2,1-3H3. The summed E-state index contributed by atoms with van der Waals surface area (Å²) in [5, 5.41) is 4.19. The van der Waals surface area contributed by atoms with E-state index in [1.807, 2.05) is 6.92 Å². The molecule has 1 fully saturated rings. The van der Waals surface area contributed by atoms with Crippen molar-refractivity contribution in [1.82, 2.24) is 14.1 Å². The van der Waals surface area contributed by atoms with E-state index in [0.29, 0.717) is 23.0 Å². The minimum Gasteiger partial charge on any atom is -0.338 e. The molecule has 1 unspecified atom stereocenters. The van der Waals surface area contributed by atoms with Crippen molar-refractivity contribution in [2.75, 3.05) is 6.54 Å². The van der Waals surface area contributed by atoms with Crippen molar-refractivity contribution in [1.29, 1.82) is 0 Å². The van der Waals surface area contributed by atoms with E-state index in [0.717, 1.165) is 15.7 Å². The third-order valence-electron chi connectivity index (χ3n) is 5.97. The number of aryl methyl sites for hydroxylation is 2. The van der Waals surface area contributed by atoms with Gasteiger partial charge >= 0.3 is 0 Å². The van der Waals surface area contributed by atoms with Gasteiger partial charge in [0.2, 0.25) is 5.91 Å². The molecule has 174 valence electrons. The Bertz CT molecular complexity index is 1350. The molecule has 1 atom stereocenters. The minimum absolute atomic E-state index is 0.0490. The number of hydrogen-bond donors (Lipinski definition) is 0. The van der Waals surface area contributed by atoms with Crippen molar-refractivity contribution in [3.63, 3.8) is 0 Å². The van der Waals surface area contributed by atoms with E-state index < -0.39 is 33.4 Å². The first-order chi connectivity index (χ1) is 15.5. The monoisotopic (exact) mass is 477 g/mol. The first kappa shape index (κ1) is 23.0. The lowest BCUT2D eigenvalue weighted by molar-refractivity contribution is -0.128. The Kier molecular flexibility index (Phi) is 5.81. The number of hydrogen-bond acceptors (Lipinski definition) is 4. The van der Waals surface area contributed by atoms with Gasteiger partial charge in [-0.2, -0.15) is 17.6 Å². The van der Waals surface area contributed by atoms with Crippen LogP contribution in [-0.2, 0) is 21.4 Å². The summed E-state index contributed by atoms with van der Waals surface area (Å²) < 4.78 is 68.6. The molecular formula is C23H22F3N3O3S. The molecule has 0 bridgehead atoms. The fourth-order valence-electron chi connectivity index (χ4n) is 4.12. The van der Waals surface area contributed by atoms with Crippen LogP contribution in [0.4, 0.5) is 13.2 Å². The summed E-state index contributed by atoms with van der Waals surface area (Å²) in [5.41, 5.74) is 2.06. The van der Waals surface area contributed by atoms with Crippen molar-refractivity contribution in [2.24, 2.45) is 0 Å². The van der Waals surface area contributed by atoms with E-state index in [-0.39, 0.29) is 35.9 Å². The largest absolute Gasteiger partial charge is 0.338 e. The molecule has 0 aliphatic carbocycles. The normalized spacial score (nSPS) is 16.6. The van der Waals surface area contributed by atoms with E-state index in [2.05, 4.69) is 5.10 Å². The van der Waals surface area contributed by atoms with Crippen molar-refractivity contribution < 1.29 is 26.4 Å². The summed E-state index contributed by atoms with van der Waals surface area (Å²) in [6.45, 7) is 5.19. The van der Waals surface area contributed by atoms with Crippen LogP contribution in [0, 0.1) is 38.2 Å². The van der Waals surface area contributed by atoms with Gasteiger partial charge in [0, 0.05) is 37.1 Å². The second-order valence-corrected chi connectivity index (χ2v) is 10.0. The Morgan fingerprint density at radius 1 is 1.06 bits per heavy atom. The number of halogens is 3. The van der Waals surface area contributed by atoms with Crippen LogP contribution in [0.2, 0.25) is 0 Å². The molecule has 0 radical (unpaired) electrons. The number of likely N-dealkylation sites (tertiary alicyclic amines) is 1. The van der Waals surface area contributed by atoms with Crippen LogP contribution in [0.1, 0.15) is 40.4 Å². The van der Waals surface area contributed by atoms with Crippen molar-refractivity contribution in [2.45, 2.75) is 44.6 Å². The van der Waals surface area contributed by atoms with Gasteiger partial charge in [0.1, 0.15) is 5.82 Å². The summed E-state index contributed by atoms with van der Waals surface area (Å²) in [5.74, 6) is -4.42. The van der Waals surface area contributed by atoms with E-state index in [4.69, 9.17) is 0 Å². The lowest BCUT2D eigenvalue weighted by atomic mass is 9.97. The predicted molar refractivity (Wildman–Crippen MR) is 115 cm³/mol. The zero-order valence-corrected chi connectivity index (χ0v) is 19.1. The molecule has 10 heteroatoms. The third kappa shape index (κ3) is 4.15. The Morgan fingerprint density at radius 3 is 2.39 bits per heavy atom. The first-order valence-electron chi connectivity index (χ1n) is 10.3. The van der Waals surface area contributed by atoms with Gasteiger partial charge in [-0.05, 0) is 44.5 Å². The molecule has 0 N–H and O–H groups in total. The van der Waals surface area contributed by atoms with E-state index in [1.54, 1.807) is 26.0 Å². The molecule has 0 spiro atoms. The molecule has 1 aromatic heterocycles. The Balaban J connectivity index is 1.61. The smallest absolute Gasteiger partial charge is 0.283 e. The number of amides is 1. The van der Waals surface area contributed by atoms with Crippen molar-refractivity contribution in [3.05, 3.63) is 81.9 Å². The number of carbonyl (C=O) groups excluding carboxylic acids is 1. The highest BCUT2D eigenvalue weighted by atomic mass is 32.2. The molecule has 1 aliphatic heterocycles. The molecule has 2 aromatic carbocycles. The van der Waals surface area contributed by atoms with Crippen LogP contribution in [0.3, 0.4) is 0 Å². The van der Waals surface area contributed by atoms with Crippen LogP contribution in [0.5, 0.6) is 0 Å². The van der Waals surface area contributed by atoms with Crippen molar-refractivity contribution in [3.8, 4) is 0 Å². The van der Waals surface area contributed by atoms with Gasteiger partial charge in [-0.25, -0.2) is 13.2 Å². The second-order valence-electron chi connectivity index (χ2n) is 8.28. The highest BCUT2D eigenvalue weighted by Gasteiger charge is 2.35. The molecule has 1 saturated heterocycles. The molecule has 1 aliphatic rings. The summed E-state index contributed by atoms with van der Waals surface area (Å²) in [6, 6.07) is 7.75. The number of rotatable bonds is 5. The minimum atomic E-state index is -3.93. The summed E-state index contributed by atoms with van der Waals surface area (Å²) in [6.07, 6.45) is -0.103. The SMILES string of the molecule is Cc1ccc(S(=O)(=O)n2nc(C)c(CN3CC(c4cc(F)cc(F)c4F)CC3=O)c2C)cc1. The van der Waals surface area contributed by atoms with E-state index in [9.17, 15) is 26.4 Å². The molecular weight excluding hydrogens is 455 g/mol. The van der Waals surface area contributed by atoms with Gasteiger partial charge in [-0.1, -0.05) is 17.7 Å². The van der Waals surface area contributed by atoms with Gasteiger partial charge in [-0.3, -0.25) is 4.79 Å². The number of nitrogens with zero attached hydrogens (tertiary/aromatic N) is 3. The Labute approximate surface area is 189 Å². The maximum Gasteiger partial charge on any atom is 0.283 e. The zero-order chi connectivity index (χ0) is 24.1. The topological polar surface area (TPSA) is 72.3 Å². The highest BCUT2D eigenvalue weighted by Crippen LogP contribution is 2.33. The highest BCUT2D eigenvalue weighted by molar-refractivity contribution is 7.89. The zero-order valence-electron chi connectivity index (χ0n) is 18.3. The van der Waals surface area contributed by atoms with Crippen LogP contribution >= 0.6 is 0 Å². The third-order valence-corrected chi connectivity index (χ3v) is 7.65.